The van der Waals surface area contributed by atoms with Crippen molar-refractivity contribution in [3.8, 4) is 0 Å². The molecule has 2 aliphatic rings. The third kappa shape index (κ3) is 2.74. The summed E-state index contributed by atoms with van der Waals surface area (Å²) in [6.45, 7) is 0.720. The summed E-state index contributed by atoms with van der Waals surface area (Å²) in [6, 6.07) is 1.76. The average molecular weight is 296 g/mol. The minimum absolute atomic E-state index is 0.0947. The van der Waals surface area contributed by atoms with Crippen LogP contribution in [0.2, 0.25) is 5.02 Å². The summed E-state index contributed by atoms with van der Waals surface area (Å²) in [4.78, 5) is 16.4. The van der Waals surface area contributed by atoms with Gasteiger partial charge in [0.25, 0.3) is 5.91 Å². The van der Waals surface area contributed by atoms with Gasteiger partial charge in [0, 0.05) is 19.9 Å². The molecule has 0 radical (unpaired) electrons. The van der Waals surface area contributed by atoms with E-state index in [0.717, 1.165) is 13.0 Å². The standard InChI is InChI=1S/C14H18ClN3O2/c1-16-12-6-9(10(15)7-17-12)14(19)18-11-4-5-20-13(11)8-2-3-8/h6-8,11,13H,2-5H2,1H3,(H,16,17)(H,18,19). The number of pyridine rings is 1. The molecule has 0 spiro atoms. The van der Waals surface area contributed by atoms with Crippen molar-refractivity contribution in [2.45, 2.75) is 31.4 Å². The highest BCUT2D eigenvalue weighted by Gasteiger charge is 2.41. The lowest BCUT2D eigenvalue weighted by atomic mass is 10.1. The molecule has 1 aliphatic carbocycles. The second-order valence-electron chi connectivity index (χ2n) is 5.34. The van der Waals surface area contributed by atoms with E-state index in [4.69, 9.17) is 16.3 Å². The van der Waals surface area contributed by atoms with Crippen LogP contribution in [0.5, 0.6) is 0 Å². The second-order valence-corrected chi connectivity index (χ2v) is 5.75. The van der Waals surface area contributed by atoms with Gasteiger partial charge >= 0.3 is 0 Å². The van der Waals surface area contributed by atoms with Gasteiger partial charge in [0.2, 0.25) is 0 Å². The van der Waals surface area contributed by atoms with Crippen molar-refractivity contribution in [3.05, 3.63) is 22.8 Å². The van der Waals surface area contributed by atoms with Gasteiger partial charge < -0.3 is 15.4 Å². The van der Waals surface area contributed by atoms with E-state index in [-0.39, 0.29) is 18.1 Å². The number of ether oxygens (including phenoxy) is 1. The van der Waals surface area contributed by atoms with E-state index >= 15 is 0 Å². The molecule has 2 heterocycles. The number of amides is 1. The van der Waals surface area contributed by atoms with Crippen LogP contribution in [-0.4, -0.2) is 36.7 Å². The minimum atomic E-state index is -0.157. The highest BCUT2D eigenvalue weighted by atomic mass is 35.5. The summed E-state index contributed by atoms with van der Waals surface area (Å²) < 4.78 is 5.73. The van der Waals surface area contributed by atoms with Crippen molar-refractivity contribution in [3.63, 3.8) is 0 Å². The fourth-order valence-corrected chi connectivity index (χ4v) is 2.84. The predicted octanol–water partition coefficient (Wildman–Crippen LogP) is 2.07. The Labute approximate surface area is 123 Å². The van der Waals surface area contributed by atoms with E-state index in [2.05, 4.69) is 15.6 Å². The fourth-order valence-electron chi connectivity index (χ4n) is 2.65. The molecule has 108 valence electrons. The number of nitrogens with zero attached hydrogens (tertiary/aromatic N) is 1. The lowest BCUT2D eigenvalue weighted by Gasteiger charge is -2.19. The number of anilines is 1. The highest BCUT2D eigenvalue weighted by molar-refractivity contribution is 6.33. The maximum atomic E-state index is 12.4. The maximum absolute atomic E-state index is 12.4. The minimum Gasteiger partial charge on any atom is -0.376 e. The summed E-state index contributed by atoms with van der Waals surface area (Å²) in [5, 5.41) is 6.32. The van der Waals surface area contributed by atoms with Gasteiger partial charge in [-0.3, -0.25) is 4.79 Å². The summed E-state index contributed by atoms with van der Waals surface area (Å²) in [7, 11) is 1.76. The van der Waals surface area contributed by atoms with Gasteiger partial charge in [-0.15, -0.1) is 0 Å². The number of carbonyl (C=O) groups excluding carboxylic acids is 1. The Morgan fingerprint density at radius 3 is 2.95 bits per heavy atom. The fraction of sp³-hybridized carbons (Fsp3) is 0.571. The van der Waals surface area contributed by atoms with Crippen LogP contribution < -0.4 is 10.6 Å². The van der Waals surface area contributed by atoms with Crippen LogP contribution in [0.4, 0.5) is 5.82 Å². The quantitative estimate of drug-likeness (QED) is 0.893. The summed E-state index contributed by atoms with van der Waals surface area (Å²) >= 11 is 6.06. The monoisotopic (exact) mass is 295 g/mol. The largest absolute Gasteiger partial charge is 0.376 e. The summed E-state index contributed by atoms with van der Waals surface area (Å²) in [5.74, 6) is 1.08. The molecule has 6 heteroatoms. The Hall–Kier alpha value is -1.33. The second kappa shape index (κ2) is 5.58. The van der Waals surface area contributed by atoms with Crippen LogP contribution in [0.1, 0.15) is 29.6 Å². The van der Waals surface area contributed by atoms with Gasteiger partial charge in [-0.25, -0.2) is 4.98 Å². The lowest BCUT2D eigenvalue weighted by molar-refractivity contribution is 0.0729. The molecule has 1 saturated heterocycles. The van der Waals surface area contributed by atoms with Crippen molar-refractivity contribution in [1.82, 2.24) is 10.3 Å². The molecular formula is C14H18ClN3O2. The van der Waals surface area contributed by atoms with E-state index in [9.17, 15) is 4.79 Å². The molecule has 3 rings (SSSR count). The van der Waals surface area contributed by atoms with Gasteiger partial charge in [-0.05, 0) is 31.2 Å². The molecule has 0 bridgehead atoms. The van der Waals surface area contributed by atoms with E-state index in [1.807, 2.05) is 0 Å². The third-order valence-corrected chi connectivity index (χ3v) is 4.20. The average Bonchev–Trinajstić information content (AvgIpc) is 3.20. The smallest absolute Gasteiger partial charge is 0.253 e. The molecule has 5 nitrogen and oxygen atoms in total. The van der Waals surface area contributed by atoms with Crippen molar-refractivity contribution < 1.29 is 9.53 Å². The van der Waals surface area contributed by atoms with Crippen molar-refractivity contribution in [2.24, 2.45) is 5.92 Å². The number of aromatic nitrogens is 1. The highest BCUT2D eigenvalue weighted by Crippen LogP contribution is 2.38. The Balaban J connectivity index is 1.72. The van der Waals surface area contributed by atoms with Crippen molar-refractivity contribution in [1.29, 1.82) is 0 Å². The molecule has 20 heavy (non-hydrogen) atoms. The zero-order valence-corrected chi connectivity index (χ0v) is 12.1. The molecule has 0 aromatic carbocycles. The first-order valence-corrected chi connectivity index (χ1v) is 7.32. The first-order chi connectivity index (χ1) is 9.69. The van der Waals surface area contributed by atoms with E-state index in [1.165, 1.54) is 19.0 Å². The molecule has 1 aliphatic heterocycles. The first-order valence-electron chi connectivity index (χ1n) is 6.95. The topological polar surface area (TPSA) is 63.2 Å². The summed E-state index contributed by atoms with van der Waals surface area (Å²) in [5.41, 5.74) is 0.451. The Kier molecular flexibility index (Phi) is 3.81. The molecule has 1 aromatic heterocycles. The van der Waals surface area contributed by atoms with Crippen LogP contribution in [-0.2, 0) is 4.74 Å². The molecule has 2 atom stereocenters. The Morgan fingerprint density at radius 2 is 2.25 bits per heavy atom. The number of hydrogen-bond donors (Lipinski definition) is 2. The van der Waals surface area contributed by atoms with Gasteiger partial charge in [-0.2, -0.15) is 0 Å². The molecule has 2 fully saturated rings. The molecule has 2 N–H and O–H groups in total. The molecule has 1 saturated carbocycles. The van der Waals surface area contributed by atoms with Crippen molar-refractivity contribution in [2.75, 3.05) is 19.0 Å². The van der Waals surface area contributed by atoms with Gasteiger partial charge in [0.1, 0.15) is 5.82 Å². The first kappa shape index (κ1) is 13.6. The van der Waals surface area contributed by atoms with E-state index in [0.29, 0.717) is 22.3 Å². The van der Waals surface area contributed by atoms with Gasteiger partial charge in [0.05, 0.1) is 22.7 Å². The van der Waals surface area contributed by atoms with Crippen LogP contribution in [0.3, 0.4) is 0 Å². The van der Waals surface area contributed by atoms with E-state index < -0.39 is 0 Å². The van der Waals surface area contributed by atoms with Crippen LogP contribution in [0.25, 0.3) is 0 Å². The molecule has 1 aromatic rings. The lowest BCUT2D eigenvalue weighted by Crippen LogP contribution is -2.41. The van der Waals surface area contributed by atoms with Crippen LogP contribution in [0.15, 0.2) is 12.3 Å². The van der Waals surface area contributed by atoms with Gasteiger partial charge in [0.15, 0.2) is 0 Å². The predicted molar refractivity (Wildman–Crippen MR) is 77.1 cm³/mol. The zero-order valence-electron chi connectivity index (χ0n) is 11.4. The Morgan fingerprint density at radius 1 is 1.45 bits per heavy atom. The molecule has 1 amide bonds. The SMILES string of the molecule is CNc1cc(C(=O)NC2CCOC2C2CC2)c(Cl)cn1. The summed E-state index contributed by atoms with van der Waals surface area (Å²) in [6.07, 6.45) is 4.94. The van der Waals surface area contributed by atoms with E-state index in [1.54, 1.807) is 13.1 Å². The maximum Gasteiger partial charge on any atom is 0.253 e. The number of rotatable bonds is 4. The molecular weight excluding hydrogens is 278 g/mol. The van der Waals surface area contributed by atoms with Crippen LogP contribution in [0, 0.1) is 5.92 Å². The van der Waals surface area contributed by atoms with Crippen molar-refractivity contribution >= 4 is 23.3 Å². The number of carbonyl (C=O) groups is 1. The number of halogens is 1. The number of hydrogen-bond acceptors (Lipinski definition) is 4. The molecule has 2 unspecified atom stereocenters. The third-order valence-electron chi connectivity index (χ3n) is 3.89. The Bertz CT molecular complexity index is 519. The zero-order chi connectivity index (χ0) is 14.1. The normalized spacial score (nSPS) is 25.5. The number of nitrogens with one attached hydrogen (secondary N) is 2. The van der Waals surface area contributed by atoms with Crippen LogP contribution >= 0.6 is 11.6 Å². The van der Waals surface area contributed by atoms with Gasteiger partial charge in [-0.1, -0.05) is 11.6 Å².